The molecule has 3 aliphatic rings. The lowest BCUT2D eigenvalue weighted by Gasteiger charge is -2.47. The highest BCUT2D eigenvalue weighted by Gasteiger charge is 2.56. The molecule has 0 aliphatic heterocycles. The third-order valence-corrected chi connectivity index (χ3v) is 7.73. The van der Waals surface area contributed by atoms with Crippen LogP contribution in [-0.4, -0.2) is 60.2 Å². The number of nitrogens with zero attached hydrogens (tertiary/aromatic N) is 3. The van der Waals surface area contributed by atoms with Gasteiger partial charge in [0, 0.05) is 42.9 Å². The Labute approximate surface area is 235 Å². The number of amides is 2. The summed E-state index contributed by atoms with van der Waals surface area (Å²) in [5.74, 6) is -6.15. The topological polar surface area (TPSA) is 227 Å². The fraction of sp³-hybridized carbons (Fsp3) is 0.481. The van der Waals surface area contributed by atoms with Gasteiger partial charge < -0.3 is 32.1 Å². The molecule has 1 aromatic carbocycles. The van der Waals surface area contributed by atoms with E-state index in [-0.39, 0.29) is 47.4 Å². The van der Waals surface area contributed by atoms with Crippen LogP contribution in [-0.2, 0) is 20.8 Å². The van der Waals surface area contributed by atoms with Crippen LogP contribution in [0.4, 0.5) is 17.1 Å². The minimum atomic E-state index is -1.52. The number of fused-ring (bicyclic) bond motifs is 3. The summed E-state index contributed by atoms with van der Waals surface area (Å²) in [5, 5.41) is 22.8. The highest BCUT2D eigenvalue weighted by molar-refractivity contribution is 6.21. The van der Waals surface area contributed by atoms with Gasteiger partial charge in [-0.3, -0.25) is 19.2 Å². The van der Waals surface area contributed by atoms with Crippen molar-refractivity contribution in [2.75, 3.05) is 30.9 Å². The number of anilines is 2. The van der Waals surface area contributed by atoms with Gasteiger partial charge in [-0.2, -0.15) is 0 Å². The Bertz CT molecular complexity index is 1470. The summed E-state index contributed by atoms with van der Waals surface area (Å²) in [6, 6.07) is 1.55. The summed E-state index contributed by atoms with van der Waals surface area (Å²) in [4.78, 5) is 77.6. The van der Waals surface area contributed by atoms with E-state index in [4.69, 9.17) is 11.5 Å². The zero-order valence-corrected chi connectivity index (χ0v) is 23.5. The average molecular weight is 568 g/mol. The molecule has 2 amide bonds. The van der Waals surface area contributed by atoms with Gasteiger partial charge in [0.2, 0.25) is 5.91 Å². The molecule has 218 valence electrons. The Morgan fingerprint density at radius 3 is 2.39 bits per heavy atom. The number of rotatable bonds is 7. The SMILES string of the molecule is CN(C)c1cc(NC(=O)CNC(C)(C)C)c(N=O)c2c1C[C@H]1C[C@@]3(N)CC(=O)C(C(N)=O)=C(O)C3C(N=O)=C1C2=O. The van der Waals surface area contributed by atoms with Crippen LogP contribution in [0.1, 0.15) is 49.5 Å². The first-order valence-electron chi connectivity index (χ1n) is 13.0. The zero-order chi connectivity index (χ0) is 30.6. The van der Waals surface area contributed by atoms with Crippen LogP contribution in [0, 0.1) is 21.6 Å². The number of nitroso groups, excluding NO2 is 2. The predicted molar refractivity (Wildman–Crippen MR) is 150 cm³/mol. The molecule has 1 aromatic rings. The Kier molecular flexibility index (Phi) is 7.43. The maximum atomic E-state index is 14.1. The van der Waals surface area contributed by atoms with Crippen molar-refractivity contribution < 1.29 is 24.3 Å². The first kappa shape index (κ1) is 29.7. The van der Waals surface area contributed by atoms with Gasteiger partial charge in [-0.1, -0.05) is 0 Å². The van der Waals surface area contributed by atoms with Crippen molar-refractivity contribution >= 4 is 40.4 Å². The summed E-state index contributed by atoms with van der Waals surface area (Å²) < 4.78 is 0. The average Bonchev–Trinajstić information content (AvgIpc) is 2.84. The Morgan fingerprint density at radius 1 is 1.20 bits per heavy atom. The van der Waals surface area contributed by atoms with Crippen molar-refractivity contribution in [1.29, 1.82) is 0 Å². The highest BCUT2D eigenvalue weighted by atomic mass is 16.3. The predicted octanol–water partition coefficient (Wildman–Crippen LogP) is 1.84. The molecule has 0 saturated carbocycles. The molecule has 7 N–H and O–H groups in total. The minimum absolute atomic E-state index is 0.00201. The lowest BCUT2D eigenvalue weighted by atomic mass is 9.58. The summed E-state index contributed by atoms with van der Waals surface area (Å²) in [6.07, 6.45) is -0.288. The van der Waals surface area contributed by atoms with Crippen LogP contribution >= 0.6 is 0 Å². The number of carbonyl (C=O) groups is 4. The molecule has 0 radical (unpaired) electrons. The number of primary amides is 1. The number of benzene rings is 1. The molecule has 3 atom stereocenters. The second-order valence-corrected chi connectivity index (χ2v) is 12.0. The molecule has 0 saturated heterocycles. The normalized spacial score (nSPS) is 23.9. The number of allylic oxidation sites excluding steroid dienone is 1. The fourth-order valence-corrected chi connectivity index (χ4v) is 6.07. The second-order valence-electron chi connectivity index (χ2n) is 12.0. The van der Waals surface area contributed by atoms with Crippen LogP contribution in [0.15, 0.2) is 39.0 Å². The van der Waals surface area contributed by atoms with Crippen molar-refractivity contribution in [2.45, 2.75) is 51.1 Å². The van der Waals surface area contributed by atoms with Crippen molar-refractivity contribution in [3.63, 3.8) is 0 Å². The Balaban J connectivity index is 1.92. The van der Waals surface area contributed by atoms with E-state index in [1.165, 1.54) is 0 Å². The number of hydrogen-bond acceptors (Lipinski definition) is 12. The first-order valence-corrected chi connectivity index (χ1v) is 13.0. The molecule has 14 nitrogen and oxygen atoms in total. The Morgan fingerprint density at radius 2 is 1.85 bits per heavy atom. The number of nitrogens with one attached hydrogen (secondary N) is 2. The number of ketones is 2. The smallest absolute Gasteiger partial charge is 0.255 e. The maximum Gasteiger partial charge on any atom is 0.255 e. The quantitative estimate of drug-likeness (QED) is 0.237. The van der Waals surface area contributed by atoms with Gasteiger partial charge in [-0.05, 0) is 61.5 Å². The van der Waals surface area contributed by atoms with E-state index in [1.807, 2.05) is 20.8 Å². The van der Waals surface area contributed by atoms with Crippen molar-refractivity contribution in [1.82, 2.24) is 5.32 Å². The van der Waals surface area contributed by atoms with Crippen molar-refractivity contribution in [3.8, 4) is 0 Å². The van der Waals surface area contributed by atoms with E-state index >= 15 is 0 Å². The van der Waals surface area contributed by atoms with Gasteiger partial charge in [0.1, 0.15) is 22.7 Å². The summed E-state index contributed by atoms with van der Waals surface area (Å²) >= 11 is 0. The van der Waals surface area contributed by atoms with E-state index in [2.05, 4.69) is 21.0 Å². The largest absolute Gasteiger partial charge is 0.511 e. The molecule has 0 bridgehead atoms. The van der Waals surface area contributed by atoms with Gasteiger partial charge in [-0.25, -0.2) is 0 Å². The highest BCUT2D eigenvalue weighted by Crippen LogP contribution is 2.54. The third kappa shape index (κ3) is 5.04. The number of aliphatic hydroxyl groups is 1. The van der Waals surface area contributed by atoms with Crippen LogP contribution in [0.5, 0.6) is 0 Å². The number of carbonyl (C=O) groups excluding carboxylic acids is 4. The summed E-state index contributed by atoms with van der Waals surface area (Å²) in [7, 11) is 3.44. The number of aliphatic hydroxyl groups excluding tert-OH is 1. The standard InChI is InChI=1S/C27H33N7O7/c1-26(2,3)30-10-16(36)31-13-7-14(34(4)5)12-6-11-8-27(29)9-15(35)19(25(28)39)24(38)20(27)22(33-41)17(11)23(37)18(12)21(13)32-40/h7,11,20,30,38H,6,8-10,29H2,1-5H3,(H2,28,39)(H,31,36)/t11-,20?,27+/m0/s1. The van der Waals surface area contributed by atoms with Gasteiger partial charge in [0.15, 0.2) is 11.6 Å². The molecule has 0 spiro atoms. The van der Waals surface area contributed by atoms with Gasteiger partial charge in [-0.15, -0.1) is 9.81 Å². The second kappa shape index (κ2) is 10.3. The number of hydrogen-bond donors (Lipinski definition) is 5. The van der Waals surface area contributed by atoms with Crippen molar-refractivity contribution in [2.24, 2.45) is 33.7 Å². The van der Waals surface area contributed by atoms with Crippen LogP contribution in [0.2, 0.25) is 0 Å². The lowest BCUT2D eigenvalue weighted by Crippen LogP contribution is -2.58. The van der Waals surface area contributed by atoms with E-state index in [9.17, 15) is 34.1 Å². The lowest BCUT2D eigenvalue weighted by molar-refractivity contribution is -0.123. The van der Waals surface area contributed by atoms with Gasteiger partial charge >= 0.3 is 0 Å². The zero-order valence-electron chi connectivity index (χ0n) is 23.5. The molecule has 0 heterocycles. The van der Waals surface area contributed by atoms with Crippen LogP contribution < -0.4 is 27.0 Å². The molecular weight excluding hydrogens is 534 g/mol. The molecule has 14 heteroatoms. The fourth-order valence-electron chi connectivity index (χ4n) is 6.07. The van der Waals surface area contributed by atoms with Crippen molar-refractivity contribution in [3.05, 3.63) is 49.6 Å². The van der Waals surface area contributed by atoms with Gasteiger partial charge in [0.05, 0.1) is 23.7 Å². The molecule has 1 unspecified atom stereocenters. The summed E-state index contributed by atoms with van der Waals surface area (Å²) in [5.41, 5.74) is 9.31. The molecule has 4 rings (SSSR count). The molecule has 0 fully saturated rings. The minimum Gasteiger partial charge on any atom is -0.511 e. The van der Waals surface area contributed by atoms with E-state index in [0.717, 1.165) is 0 Å². The van der Waals surface area contributed by atoms with Crippen LogP contribution in [0.3, 0.4) is 0 Å². The molecular formula is C27H33N7O7. The monoisotopic (exact) mass is 567 g/mol. The van der Waals surface area contributed by atoms with Gasteiger partial charge in [0.25, 0.3) is 5.91 Å². The van der Waals surface area contributed by atoms with Crippen LogP contribution in [0.25, 0.3) is 0 Å². The van der Waals surface area contributed by atoms with E-state index in [0.29, 0.717) is 11.3 Å². The molecule has 3 aliphatic carbocycles. The molecule has 0 aromatic heterocycles. The van der Waals surface area contributed by atoms with E-state index < -0.39 is 64.2 Å². The Hall–Kier alpha value is -4.30. The third-order valence-electron chi connectivity index (χ3n) is 7.73. The number of Topliss-reactive ketones (excluding diaryl/α,β-unsaturated/α-hetero) is 2. The maximum absolute atomic E-state index is 14.1. The first-order chi connectivity index (χ1) is 19.0. The summed E-state index contributed by atoms with van der Waals surface area (Å²) in [6.45, 7) is 5.56. The molecule has 41 heavy (non-hydrogen) atoms. The van der Waals surface area contributed by atoms with E-state index in [1.54, 1.807) is 25.1 Å². The number of nitrogens with two attached hydrogens (primary N) is 2.